The van der Waals surface area contributed by atoms with Crippen LogP contribution in [0.2, 0.25) is 0 Å². The first-order valence-electron chi connectivity index (χ1n) is 7.40. The van der Waals surface area contributed by atoms with E-state index in [0.717, 1.165) is 18.2 Å². The first-order valence-corrected chi connectivity index (χ1v) is 7.40. The molecule has 1 aromatic rings. The number of halogens is 2. The molecule has 0 radical (unpaired) electrons. The summed E-state index contributed by atoms with van der Waals surface area (Å²) in [5.74, 6) is -3.35. The van der Waals surface area contributed by atoms with Gasteiger partial charge in [0.15, 0.2) is 0 Å². The maximum absolute atomic E-state index is 13.8. The van der Waals surface area contributed by atoms with E-state index in [1.165, 1.54) is 4.90 Å². The van der Waals surface area contributed by atoms with Gasteiger partial charge in [-0.05, 0) is 50.2 Å². The third kappa shape index (κ3) is 4.48. The van der Waals surface area contributed by atoms with Crippen LogP contribution in [-0.2, 0) is 9.59 Å². The monoisotopic (exact) mass is 326 g/mol. The molecule has 2 atom stereocenters. The summed E-state index contributed by atoms with van der Waals surface area (Å²) >= 11 is 0. The normalized spacial score (nSPS) is 19.7. The topological polar surface area (TPSA) is 60.9 Å². The Morgan fingerprint density at radius 1 is 1.26 bits per heavy atom. The fourth-order valence-electron chi connectivity index (χ4n) is 2.60. The Morgan fingerprint density at radius 3 is 2.57 bits per heavy atom. The summed E-state index contributed by atoms with van der Waals surface area (Å²) < 4.78 is 27.0. The highest BCUT2D eigenvalue weighted by Gasteiger charge is 2.47. The summed E-state index contributed by atoms with van der Waals surface area (Å²) in [6, 6.07) is 3.19. The second kappa shape index (κ2) is 7.04. The Hall–Kier alpha value is -2.02. The molecule has 2 rings (SSSR count). The minimum absolute atomic E-state index is 0.186. The number of hydrogen-bond acceptors (Lipinski definition) is 3. The highest BCUT2D eigenvalue weighted by molar-refractivity contribution is 5.86. The second-order valence-corrected chi connectivity index (χ2v) is 6.07. The number of rotatable bonds is 7. The summed E-state index contributed by atoms with van der Waals surface area (Å²) in [6.07, 6.45) is 0.414. The molecule has 23 heavy (non-hydrogen) atoms. The molecule has 1 aliphatic rings. The number of nitrogens with zero attached hydrogens (tertiary/aromatic N) is 2. The Bertz CT molecular complexity index is 607. The van der Waals surface area contributed by atoms with Gasteiger partial charge >= 0.3 is 5.97 Å². The SMILES string of the molecule is CN(C)CCN(CC(=O)O)C(=O)[C@H]1C[C@@H]1c1cc(F)ccc1F. The summed E-state index contributed by atoms with van der Waals surface area (Å²) in [5.41, 5.74) is 0.186. The summed E-state index contributed by atoms with van der Waals surface area (Å²) in [5, 5.41) is 8.95. The van der Waals surface area contributed by atoms with Crippen molar-refractivity contribution in [1.29, 1.82) is 0 Å². The highest BCUT2D eigenvalue weighted by Crippen LogP contribution is 2.49. The largest absolute Gasteiger partial charge is 0.480 e. The Kier molecular flexibility index (Phi) is 5.30. The molecule has 126 valence electrons. The molecule has 7 heteroatoms. The van der Waals surface area contributed by atoms with Crippen LogP contribution in [0.1, 0.15) is 17.9 Å². The zero-order valence-corrected chi connectivity index (χ0v) is 13.1. The molecule has 0 spiro atoms. The van der Waals surface area contributed by atoms with Crippen molar-refractivity contribution in [3.05, 3.63) is 35.4 Å². The van der Waals surface area contributed by atoms with Gasteiger partial charge in [0, 0.05) is 19.0 Å². The molecular weight excluding hydrogens is 306 g/mol. The smallest absolute Gasteiger partial charge is 0.323 e. The van der Waals surface area contributed by atoms with Crippen molar-refractivity contribution in [2.45, 2.75) is 12.3 Å². The van der Waals surface area contributed by atoms with E-state index < -0.39 is 23.5 Å². The van der Waals surface area contributed by atoms with Crippen molar-refractivity contribution in [2.24, 2.45) is 5.92 Å². The van der Waals surface area contributed by atoms with E-state index >= 15 is 0 Å². The fraction of sp³-hybridized carbons (Fsp3) is 0.500. The number of carboxylic acids is 1. The van der Waals surface area contributed by atoms with Crippen molar-refractivity contribution < 1.29 is 23.5 Å². The lowest BCUT2D eigenvalue weighted by molar-refractivity contribution is -0.145. The first-order chi connectivity index (χ1) is 10.8. The molecule has 1 N–H and O–H groups in total. The molecule has 5 nitrogen and oxygen atoms in total. The molecule has 1 saturated carbocycles. The van der Waals surface area contributed by atoms with Crippen molar-refractivity contribution in [3.63, 3.8) is 0 Å². The van der Waals surface area contributed by atoms with E-state index in [-0.39, 0.29) is 30.5 Å². The molecule has 1 amide bonds. The molecule has 0 heterocycles. The van der Waals surface area contributed by atoms with Crippen LogP contribution in [-0.4, -0.2) is 60.5 Å². The van der Waals surface area contributed by atoms with Gasteiger partial charge in [-0.1, -0.05) is 0 Å². The molecule has 0 aromatic heterocycles. The predicted molar refractivity (Wildman–Crippen MR) is 80.0 cm³/mol. The quantitative estimate of drug-likeness (QED) is 0.826. The van der Waals surface area contributed by atoms with Crippen molar-refractivity contribution in [3.8, 4) is 0 Å². The second-order valence-electron chi connectivity index (χ2n) is 6.07. The highest BCUT2D eigenvalue weighted by atomic mass is 19.1. The standard InChI is InChI=1S/C16H20F2N2O3/c1-19(2)5-6-20(9-15(21)22)16(23)13-8-11(13)12-7-10(17)3-4-14(12)18/h3-4,7,11,13H,5-6,8-9H2,1-2H3,(H,21,22)/t11-,13+/m1/s1. The van der Waals surface area contributed by atoms with Crippen LogP contribution in [0, 0.1) is 17.6 Å². The third-order valence-corrected chi connectivity index (χ3v) is 3.92. The van der Waals surface area contributed by atoms with E-state index in [1.807, 2.05) is 19.0 Å². The van der Waals surface area contributed by atoms with E-state index in [2.05, 4.69) is 0 Å². The Morgan fingerprint density at radius 2 is 1.96 bits per heavy atom. The number of carbonyl (C=O) groups is 2. The van der Waals surface area contributed by atoms with Gasteiger partial charge in [0.25, 0.3) is 0 Å². The Labute approximate surface area is 133 Å². The van der Waals surface area contributed by atoms with Crippen LogP contribution in [0.5, 0.6) is 0 Å². The fourth-order valence-corrected chi connectivity index (χ4v) is 2.60. The number of benzene rings is 1. The zero-order valence-electron chi connectivity index (χ0n) is 13.1. The minimum atomic E-state index is -1.09. The summed E-state index contributed by atoms with van der Waals surface area (Å²) in [7, 11) is 3.65. The van der Waals surface area contributed by atoms with Crippen LogP contribution >= 0.6 is 0 Å². The molecule has 1 aromatic carbocycles. The van der Waals surface area contributed by atoms with E-state index in [9.17, 15) is 18.4 Å². The molecule has 1 fully saturated rings. The van der Waals surface area contributed by atoms with Gasteiger partial charge in [-0.15, -0.1) is 0 Å². The molecule has 0 bridgehead atoms. The number of carbonyl (C=O) groups excluding carboxylic acids is 1. The van der Waals surface area contributed by atoms with Crippen molar-refractivity contribution in [2.75, 3.05) is 33.7 Å². The zero-order chi connectivity index (χ0) is 17.1. The van der Waals surface area contributed by atoms with Gasteiger partial charge in [0.2, 0.25) is 5.91 Å². The van der Waals surface area contributed by atoms with E-state index in [4.69, 9.17) is 5.11 Å². The minimum Gasteiger partial charge on any atom is -0.480 e. The van der Waals surface area contributed by atoms with Gasteiger partial charge < -0.3 is 14.9 Å². The summed E-state index contributed by atoms with van der Waals surface area (Å²) in [4.78, 5) is 26.5. The average Bonchev–Trinajstić information content (AvgIpc) is 3.25. The van der Waals surface area contributed by atoms with Crippen LogP contribution in [0.4, 0.5) is 8.78 Å². The lowest BCUT2D eigenvalue weighted by Crippen LogP contribution is -2.41. The maximum atomic E-state index is 13.8. The number of carboxylic acid groups (broad SMARTS) is 1. The van der Waals surface area contributed by atoms with Crippen molar-refractivity contribution >= 4 is 11.9 Å². The van der Waals surface area contributed by atoms with Crippen LogP contribution in [0.3, 0.4) is 0 Å². The number of amides is 1. The van der Waals surface area contributed by atoms with Gasteiger partial charge in [0.05, 0.1) is 0 Å². The molecule has 0 unspecified atom stereocenters. The average molecular weight is 326 g/mol. The maximum Gasteiger partial charge on any atom is 0.323 e. The predicted octanol–water partition coefficient (Wildman–Crippen LogP) is 1.54. The van der Waals surface area contributed by atoms with Crippen molar-refractivity contribution in [1.82, 2.24) is 9.80 Å². The molecular formula is C16H20F2N2O3. The van der Waals surface area contributed by atoms with Gasteiger partial charge in [-0.25, -0.2) is 8.78 Å². The van der Waals surface area contributed by atoms with Crippen LogP contribution in [0.25, 0.3) is 0 Å². The van der Waals surface area contributed by atoms with Crippen LogP contribution in [0.15, 0.2) is 18.2 Å². The van der Waals surface area contributed by atoms with Gasteiger partial charge in [0.1, 0.15) is 18.2 Å². The first kappa shape index (κ1) is 17.3. The number of hydrogen-bond donors (Lipinski definition) is 1. The summed E-state index contributed by atoms with van der Waals surface area (Å²) in [6.45, 7) is 0.430. The number of aliphatic carboxylic acids is 1. The Balaban J connectivity index is 2.06. The van der Waals surface area contributed by atoms with Crippen LogP contribution < -0.4 is 0 Å². The van der Waals surface area contributed by atoms with Gasteiger partial charge in [-0.3, -0.25) is 9.59 Å². The van der Waals surface area contributed by atoms with Gasteiger partial charge in [-0.2, -0.15) is 0 Å². The molecule has 0 aliphatic heterocycles. The lowest BCUT2D eigenvalue weighted by atomic mass is 10.1. The van der Waals surface area contributed by atoms with E-state index in [0.29, 0.717) is 13.0 Å². The molecule has 0 saturated heterocycles. The molecule has 1 aliphatic carbocycles. The number of likely N-dealkylation sites (N-methyl/N-ethyl adjacent to an activating group) is 1. The lowest BCUT2D eigenvalue weighted by Gasteiger charge is -2.23. The third-order valence-electron chi connectivity index (χ3n) is 3.92. The van der Waals surface area contributed by atoms with E-state index in [1.54, 1.807) is 0 Å².